The molecule has 0 unspecified atom stereocenters. The average molecular weight is 192 g/mol. The molecular formula is C10H12N2O2. The molecule has 1 aromatic rings. The Morgan fingerprint density at radius 1 is 1.57 bits per heavy atom. The van der Waals surface area contributed by atoms with Crippen molar-refractivity contribution in [1.29, 1.82) is 0 Å². The first-order chi connectivity index (χ1) is 6.76. The smallest absolute Gasteiger partial charge is 0.256 e. The van der Waals surface area contributed by atoms with Crippen LogP contribution in [0.15, 0.2) is 12.1 Å². The third-order valence-electron chi connectivity index (χ3n) is 2.43. The summed E-state index contributed by atoms with van der Waals surface area (Å²) in [6, 6.07) is 3.43. The van der Waals surface area contributed by atoms with E-state index in [1.165, 1.54) is 0 Å². The maximum atomic E-state index is 11.7. The molecule has 0 bridgehead atoms. The highest BCUT2D eigenvalue weighted by Crippen LogP contribution is 2.20. The molecule has 4 heteroatoms. The molecular weight excluding hydrogens is 180 g/mol. The normalized spacial score (nSPS) is 14.7. The molecule has 74 valence electrons. The second kappa shape index (κ2) is 3.38. The molecule has 4 nitrogen and oxygen atoms in total. The highest BCUT2D eigenvalue weighted by atomic mass is 16.3. The summed E-state index contributed by atoms with van der Waals surface area (Å²) in [6.45, 7) is 3.13. The van der Waals surface area contributed by atoms with Gasteiger partial charge < -0.3 is 10.0 Å². The van der Waals surface area contributed by atoms with Crippen molar-refractivity contribution in [1.82, 2.24) is 9.88 Å². The lowest BCUT2D eigenvalue weighted by atomic mass is 10.2. The average Bonchev–Trinajstić information content (AvgIpc) is 2.55. The number of amides is 1. The van der Waals surface area contributed by atoms with Crippen molar-refractivity contribution in [2.24, 2.45) is 0 Å². The molecule has 0 aromatic carbocycles. The molecule has 2 heterocycles. The Kier molecular flexibility index (Phi) is 2.21. The van der Waals surface area contributed by atoms with Gasteiger partial charge in [-0.25, -0.2) is 0 Å². The third kappa shape index (κ3) is 1.28. The Morgan fingerprint density at radius 3 is 3.00 bits per heavy atom. The molecule has 2 rings (SSSR count). The van der Waals surface area contributed by atoms with Crippen LogP contribution >= 0.6 is 0 Å². The highest BCUT2D eigenvalue weighted by molar-refractivity contribution is 5.97. The Morgan fingerprint density at radius 2 is 2.36 bits per heavy atom. The van der Waals surface area contributed by atoms with Crippen molar-refractivity contribution in [2.75, 3.05) is 6.54 Å². The van der Waals surface area contributed by atoms with E-state index in [1.54, 1.807) is 17.0 Å². The molecule has 0 saturated heterocycles. The van der Waals surface area contributed by atoms with Crippen LogP contribution in [0.3, 0.4) is 0 Å². The number of fused-ring (bicyclic) bond motifs is 1. The summed E-state index contributed by atoms with van der Waals surface area (Å²) in [4.78, 5) is 17.6. The first kappa shape index (κ1) is 9.15. The van der Waals surface area contributed by atoms with Gasteiger partial charge in [0.25, 0.3) is 5.91 Å². The fourth-order valence-electron chi connectivity index (χ4n) is 1.63. The van der Waals surface area contributed by atoms with Crippen molar-refractivity contribution >= 4 is 5.91 Å². The summed E-state index contributed by atoms with van der Waals surface area (Å²) < 4.78 is 0. The standard InChI is InChI=1S/C10H12N2O2/c1-2-12-5-9-8(10(12)14)4-3-7(6-13)11-9/h3-4,13H,2,5-6H2,1H3. The predicted molar refractivity (Wildman–Crippen MR) is 50.6 cm³/mol. The Bertz CT molecular complexity index is 376. The van der Waals surface area contributed by atoms with E-state index < -0.39 is 0 Å². The number of rotatable bonds is 2. The van der Waals surface area contributed by atoms with Crippen molar-refractivity contribution in [3.05, 3.63) is 29.1 Å². The molecule has 1 aliphatic heterocycles. The minimum atomic E-state index is -0.0758. The van der Waals surface area contributed by atoms with E-state index in [4.69, 9.17) is 5.11 Å². The topological polar surface area (TPSA) is 53.4 Å². The largest absolute Gasteiger partial charge is 0.390 e. The van der Waals surface area contributed by atoms with Crippen LogP contribution in [-0.4, -0.2) is 27.4 Å². The zero-order valence-corrected chi connectivity index (χ0v) is 8.03. The van der Waals surface area contributed by atoms with Gasteiger partial charge in [-0.15, -0.1) is 0 Å². The van der Waals surface area contributed by atoms with Gasteiger partial charge in [0.05, 0.1) is 30.1 Å². The summed E-state index contributed by atoms with van der Waals surface area (Å²) in [6.07, 6.45) is 0. The van der Waals surface area contributed by atoms with Crippen LogP contribution < -0.4 is 0 Å². The lowest BCUT2D eigenvalue weighted by molar-refractivity contribution is 0.0787. The first-order valence-electron chi connectivity index (χ1n) is 4.65. The number of aliphatic hydroxyl groups is 1. The molecule has 1 amide bonds. The van der Waals surface area contributed by atoms with Gasteiger partial charge in [0, 0.05) is 6.54 Å². The number of carbonyl (C=O) groups excluding carboxylic acids is 1. The van der Waals surface area contributed by atoms with Gasteiger partial charge in [-0.05, 0) is 19.1 Å². The molecule has 14 heavy (non-hydrogen) atoms. The predicted octanol–water partition coefficient (Wildman–Crippen LogP) is 0.550. The molecule has 1 N–H and O–H groups in total. The molecule has 0 fully saturated rings. The van der Waals surface area contributed by atoms with Crippen LogP contribution in [0.4, 0.5) is 0 Å². The molecule has 1 aromatic heterocycles. The summed E-state index contributed by atoms with van der Waals surface area (Å²) >= 11 is 0. The van der Waals surface area contributed by atoms with Gasteiger partial charge in [0.2, 0.25) is 0 Å². The lowest BCUT2D eigenvalue weighted by Gasteiger charge is -2.10. The second-order valence-electron chi connectivity index (χ2n) is 3.27. The van der Waals surface area contributed by atoms with Gasteiger partial charge in [-0.3, -0.25) is 9.78 Å². The van der Waals surface area contributed by atoms with E-state index in [9.17, 15) is 4.79 Å². The maximum absolute atomic E-state index is 11.7. The maximum Gasteiger partial charge on any atom is 0.256 e. The third-order valence-corrected chi connectivity index (χ3v) is 2.43. The van der Waals surface area contributed by atoms with Crippen molar-refractivity contribution in [3.63, 3.8) is 0 Å². The second-order valence-corrected chi connectivity index (χ2v) is 3.27. The van der Waals surface area contributed by atoms with Gasteiger partial charge in [-0.1, -0.05) is 0 Å². The molecule has 0 radical (unpaired) electrons. The number of hydrogen-bond acceptors (Lipinski definition) is 3. The van der Waals surface area contributed by atoms with Crippen LogP contribution in [0.1, 0.15) is 28.7 Å². The number of nitrogens with zero attached hydrogens (tertiary/aromatic N) is 2. The van der Waals surface area contributed by atoms with E-state index in [2.05, 4.69) is 4.98 Å². The van der Waals surface area contributed by atoms with Crippen LogP contribution in [-0.2, 0) is 13.2 Å². The van der Waals surface area contributed by atoms with E-state index in [0.29, 0.717) is 24.3 Å². The Balaban J connectivity index is 2.38. The van der Waals surface area contributed by atoms with Gasteiger partial charge in [0.1, 0.15) is 0 Å². The van der Waals surface area contributed by atoms with E-state index >= 15 is 0 Å². The number of hydrogen-bond donors (Lipinski definition) is 1. The summed E-state index contributed by atoms with van der Waals surface area (Å²) in [5.74, 6) is 0.0412. The number of carbonyl (C=O) groups is 1. The monoisotopic (exact) mass is 192 g/mol. The highest BCUT2D eigenvalue weighted by Gasteiger charge is 2.27. The molecule has 0 atom stereocenters. The van der Waals surface area contributed by atoms with Crippen molar-refractivity contribution < 1.29 is 9.90 Å². The van der Waals surface area contributed by atoms with E-state index in [0.717, 1.165) is 5.69 Å². The molecule has 0 saturated carbocycles. The minimum Gasteiger partial charge on any atom is -0.390 e. The van der Waals surface area contributed by atoms with Crippen LogP contribution in [0.25, 0.3) is 0 Å². The number of aliphatic hydroxyl groups excluding tert-OH is 1. The number of aromatic nitrogens is 1. The summed E-state index contributed by atoms with van der Waals surface area (Å²) in [5.41, 5.74) is 2.07. The summed E-state index contributed by atoms with van der Waals surface area (Å²) in [7, 11) is 0. The van der Waals surface area contributed by atoms with E-state index in [1.807, 2.05) is 6.92 Å². The lowest BCUT2D eigenvalue weighted by Crippen LogP contribution is -2.22. The first-order valence-corrected chi connectivity index (χ1v) is 4.65. The van der Waals surface area contributed by atoms with Crippen LogP contribution in [0.5, 0.6) is 0 Å². The zero-order chi connectivity index (χ0) is 10.1. The molecule has 0 aliphatic carbocycles. The summed E-state index contributed by atoms with van der Waals surface area (Å²) in [5, 5.41) is 8.90. The molecule has 0 spiro atoms. The van der Waals surface area contributed by atoms with Gasteiger partial charge in [-0.2, -0.15) is 0 Å². The zero-order valence-electron chi connectivity index (χ0n) is 8.03. The van der Waals surface area contributed by atoms with Gasteiger partial charge >= 0.3 is 0 Å². The van der Waals surface area contributed by atoms with Crippen molar-refractivity contribution in [3.8, 4) is 0 Å². The Labute approximate surface area is 82.2 Å². The van der Waals surface area contributed by atoms with Crippen LogP contribution in [0.2, 0.25) is 0 Å². The van der Waals surface area contributed by atoms with E-state index in [-0.39, 0.29) is 12.5 Å². The fourth-order valence-corrected chi connectivity index (χ4v) is 1.63. The molecule has 1 aliphatic rings. The van der Waals surface area contributed by atoms with Crippen molar-refractivity contribution in [2.45, 2.75) is 20.1 Å². The fraction of sp³-hybridized carbons (Fsp3) is 0.400. The quantitative estimate of drug-likeness (QED) is 0.744. The minimum absolute atomic E-state index is 0.0412. The van der Waals surface area contributed by atoms with Crippen LogP contribution in [0, 0.1) is 0 Å². The van der Waals surface area contributed by atoms with Gasteiger partial charge in [0.15, 0.2) is 0 Å². The Hall–Kier alpha value is -1.42. The number of pyridine rings is 1. The SMILES string of the molecule is CCN1Cc2nc(CO)ccc2C1=O.